The zero-order chi connectivity index (χ0) is 19.3. The molecule has 2 rings (SSSR count). The van der Waals surface area contributed by atoms with Crippen LogP contribution in [0.2, 0.25) is 0 Å². The van der Waals surface area contributed by atoms with Gasteiger partial charge in [0.05, 0.1) is 4.90 Å². The number of carbonyl (C=O) groups is 1. The van der Waals surface area contributed by atoms with E-state index in [0.29, 0.717) is 12.1 Å². The van der Waals surface area contributed by atoms with Crippen molar-refractivity contribution in [1.82, 2.24) is 4.31 Å². The molecule has 0 aromatic heterocycles. The van der Waals surface area contributed by atoms with Gasteiger partial charge in [0.2, 0.25) is 10.0 Å². The van der Waals surface area contributed by atoms with Crippen LogP contribution in [0.15, 0.2) is 47.4 Å². The second-order valence-electron chi connectivity index (χ2n) is 6.41. The Kier molecular flexibility index (Phi) is 6.56. The summed E-state index contributed by atoms with van der Waals surface area (Å²) in [5, 5.41) is 2.88. The van der Waals surface area contributed by atoms with E-state index in [-0.39, 0.29) is 10.8 Å². The van der Waals surface area contributed by atoms with Crippen molar-refractivity contribution < 1.29 is 13.2 Å². The highest BCUT2D eigenvalue weighted by atomic mass is 32.2. The molecular weight excluding hydrogens is 348 g/mol. The Bertz CT molecular complexity index is 874. The van der Waals surface area contributed by atoms with Crippen LogP contribution in [0.5, 0.6) is 0 Å². The van der Waals surface area contributed by atoms with Crippen molar-refractivity contribution in [3.8, 4) is 0 Å². The van der Waals surface area contributed by atoms with Gasteiger partial charge in [0.15, 0.2) is 0 Å². The molecule has 2 aromatic rings. The first-order chi connectivity index (χ1) is 12.3. The number of nitrogens with one attached hydrogen (secondary N) is 1. The van der Waals surface area contributed by atoms with E-state index >= 15 is 0 Å². The molecule has 0 atom stereocenters. The lowest BCUT2D eigenvalue weighted by Crippen LogP contribution is -2.28. The van der Waals surface area contributed by atoms with Gasteiger partial charge in [0.25, 0.3) is 5.91 Å². The number of sulfonamides is 1. The van der Waals surface area contributed by atoms with Crippen molar-refractivity contribution in [1.29, 1.82) is 0 Å². The number of benzene rings is 2. The average Bonchev–Trinajstić information content (AvgIpc) is 2.63. The number of carbonyl (C=O) groups excluding carboxylic acids is 1. The van der Waals surface area contributed by atoms with Crippen LogP contribution in [0.1, 0.15) is 41.3 Å². The van der Waals surface area contributed by atoms with Crippen molar-refractivity contribution >= 4 is 21.6 Å². The number of anilines is 1. The second kappa shape index (κ2) is 8.47. The van der Waals surface area contributed by atoms with Gasteiger partial charge >= 0.3 is 0 Å². The van der Waals surface area contributed by atoms with Crippen LogP contribution >= 0.6 is 0 Å². The highest BCUT2D eigenvalue weighted by molar-refractivity contribution is 7.89. The number of unbranched alkanes of at least 4 members (excludes halogenated alkanes) is 1. The Labute approximate surface area is 156 Å². The maximum atomic E-state index is 12.5. The number of hydrogen-bond donors (Lipinski definition) is 1. The Morgan fingerprint density at radius 1 is 1.08 bits per heavy atom. The van der Waals surface area contributed by atoms with Crippen LogP contribution in [0, 0.1) is 13.8 Å². The number of rotatable bonds is 7. The van der Waals surface area contributed by atoms with E-state index in [2.05, 4.69) is 5.32 Å². The van der Waals surface area contributed by atoms with Crippen LogP contribution in [0.25, 0.3) is 0 Å². The lowest BCUT2D eigenvalue weighted by molar-refractivity contribution is 0.102. The van der Waals surface area contributed by atoms with Gasteiger partial charge in [-0.1, -0.05) is 25.5 Å². The summed E-state index contributed by atoms with van der Waals surface area (Å²) < 4.78 is 26.4. The summed E-state index contributed by atoms with van der Waals surface area (Å²) in [7, 11) is -1.95. The van der Waals surface area contributed by atoms with Gasteiger partial charge in [-0.25, -0.2) is 12.7 Å². The lowest BCUT2D eigenvalue weighted by atomic mass is 10.1. The lowest BCUT2D eigenvalue weighted by Gasteiger charge is -2.17. The van der Waals surface area contributed by atoms with Crippen LogP contribution in [-0.4, -0.2) is 32.2 Å². The molecule has 0 radical (unpaired) electrons. The van der Waals surface area contributed by atoms with Gasteiger partial charge in [-0.05, 0) is 61.7 Å². The average molecular weight is 375 g/mol. The number of amides is 1. The van der Waals surface area contributed by atoms with Crippen molar-refractivity contribution in [2.75, 3.05) is 18.9 Å². The SMILES string of the molecule is CCCCN(C)S(=O)(=O)c1ccc(C(=O)Nc2cccc(C)c2C)cc1. The van der Waals surface area contributed by atoms with Crippen molar-refractivity contribution in [2.24, 2.45) is 0 Å². The molecule has 0 saturated heterocycles. The number of nitrogens with zero attached hydrogens (tertiary/aromatic N) is 1. The van der Waals surface area contributed by atoms with Gasteiger partial charge in [0.1, 0.15) is 0 Å². The summed E-state index contributed by atoms with van der Waals surface area (Å²) in [5.74, 6) is -0.262. The molecule has 0 fully saturated rings. The predicted molar refractivity (Wildman–Crippen MR) is 105 cm³/mol. The Morgan fingerprint density at radius 2 is 1.73 bits per heavy atom. The van der Waals surface area contributed by atoms with Gasteiger partial charge in [-0.2, -0.15) is 0 Å². The minimum atomic E-state index is -3.52. The largest absolute Gasteiger partial charge is 0.322 e. The minimum Gasteiger partial charge on any atom is -0.322 e. The van der Waals surface area contributed by atoms with Gasteiger partial charge < -0.3 is 5.32 Å². The summed E-state index contributed by atoms with van der Waals surface area (Å²) in [5.41, 5.74) is 3.28. The zero-order valence-corrected chi connectivity index (χ0v) is 16.6. The van der Waals surface area contributed by atoms with E-state index in [0.717, 1.165) is 29.7 Å². The molecule has 0 unspecified atom stereocenters. The summed E-state index contributed by atoms with van der Waals surface area (Å²) in [6.45, 7) is 6.43. The first kappa shape index (κ1) is 20.1. The summed E-state index contributed by atoms with van der Waals surface area (Å²) in [6.07, 6.45) is 1.74. The molecule has 2 aromatic carbocycles. The number of aryl methyl sites for hydroxylation is 1. The maximum absolute atomic E-state index is 12.5. The quantitative estimate of drug-likeness (QED) is 0.797. The normalized spacial score (nSPS) is 11.6. The molecule has 5 nitrogen and oxygen atoms in total. The van der Waals surface area contributed by atoms with Crippen LogP contribution in [0.4, 0.5) is 5.69 Å². The molecule has 0 saturated carbocycles. The molecule has 1 amide bonds. The van der Waals surface area contributed by atoms with Gasteiger partial charge in [-0.15, -0.1) is 0 Å². The molecule has 0 spiro atoms. The zero-order valence-electron chi connectivity index (χ0n) is 15.7. The molecule has 0 bridgehead atoms. The predicted octanol–water partition coefficient (Wildman–Crippen LogP) is 3.98. The van der Waals surface area contributed by atoms with E-state index < -0.39 is 10.0 Å². The Morgan fingerprint density at radius 3 is 2.35 bits per heavy atom. The van der Waals surface area contributed by atoms with Gasteiger partial charge in [-0.3, -0.25) is 4.79 Å². The Balaban J connectivity index is 2.16. The minimum absolute atomic E-state index is 0.194. The summed E-state index contributed by atoms with van der Waals surface area (Å²) in [6, 6.07) is 11.8. The third-order valence-corrected chi connectivity index (χ3v) is 6.38. The molecule has 140 valence electrons. The fraction of sp³-hybridized carbons (Fsp3) is 0.350. The monoisotopic (exact) mass is 374 g/mol. The molecule has 1 N–H and O–H groups in total. The van der Waals surface area contributed by atoms with E-state index in [1.54, 1.807) is 19.2 Å². The number of hydrogen-bond acceptors (Lipinski definition) is 3. The van der Waals surface area contributed by atoms with Crippen molar-refractivity contribution in [3.63, 3.8) is 0 Å². The molecule has 0 aliphatic carbocycles. The molecule has 6 heteroatoms. The topological polar surface area (TPSA) is 66.5 Å². The van der Waals surface area contributed by atoms with Crippen molar-refractivity contribution in [2.45, 2.75) is 38.5 Å². The fourth-order valence-corrected chi connectivity index (χ4v) is 3.75. The van der Waals surface area contributed by atoms with Crippen LogP contribution < -0.4 is 5.32 Å². The Hall–Kier alpha value is -2.18. The summed E-state index contributed by atoms with van der Waals surface area (Å²) >= 11 is 0. The highest BCUT2D eigenvalue weighted by Crippen LogP contribution is 2.20. The third kappa shape index (κ3) is 4.51. The third-order valence-electron chi connectivity index (χ3n) is 4.50. The van der Waals surface area contributed by atoms with Crippen LogP contribution in [0.3, 0.4) is 0 Å². The molecule has 0 heterocycles. The molecule has 26 heavy (non-hydrogen) atoms. The van der Waals surface area contributed by atoms with Crippen molar-refractivity contribution in [3.05, 3.63) is 59.2 Å². The molecular formula is C20H26N2O3S. The highest BCUT2D eigenvalue weighted by Gasteiger charge is 2.20. The smallest absolute Gasteiger partial charge is 0.255 e. The summed E-state index contributed by atoms with van der Waals surface area (Å²) in [4.78, 5) is 12.6. The fourth-order valence-electron chi connectivity index (χ4n) is 2.54. The second-order valence-corrected chi connectivity index (χ2v) is 8.45. The molecule has 0 aliphatic rings. The molecule has 0 aliphatic heterocycles. The van der Waals surface area contributed by atoms with E-state index in [1.807, 2.05) is 39.0 Å². The standard InChI is InChI=1S/C20H26N2O3S/c1-5-6-14-22(4)26(24,25)18-12-10-17(11-13-18)20(23)21-19-9-7-8-15(2)16(19)3/h7-13H,5-6,14H2,1-4H3,(H,21,23). The van der Waals surface area contributed by atoms with E-state index in [4.69, 9.17) is 0 Å². The van der Waals surface area contributed by atoms with E-state index in [9.17, 15) is 13.2 Å². The first-order valence-corrected chi connectivity index (χ1v) is 10.2. The first-order valence-electron chi connectivity index (χ1n) is 8.71. The van der Waals surface area contributed by atoms with Gasteiger partial charge in [0, 0.05) is 24.8 Å². The van der Waals surface area contributed by atoms with E-state index in [1.165, 1.54) is 16.4 Å². The maximum Gasteiger partial charge on any atom is 0.255 e. The van der Waals surface area contributed by atoms with Crippen LogP contribution in [-0.2, 0) is 10.0 Å².